The van der Waals surface area contributed by atoms with E-state index in [1.807, 2.05) is 24.3 Å². The first-order chi connectivity index (χ1) is 11.6. The third kappa shape index (κ3) is 3.22. The van der Waals surface area contributed by atoms with Crippen LogP contribution in [0.3, 0.4) is 0 Å². The van der Waals surface area contributed by atoms with Crippen LogP contribution in [0.15, 0.2) is 51.9 Å². The number of nitrogens with zero attached hydrogens (tertiary/aromatic N) is 4. The van der Waals surface area contributed by atoms with Gasteiger partial charge in [0.25, 0.3) is 11.2 Å². The summed E-state index contributed by atoms with van der Waals surface area (Å²) < 4.78 is 6.31. The molecule has 0 fully saturated rings. The molecule has 0 aliphatic heterocycles. The van der Waals surface area contributed by atoms with Gasteiger partial charge in [-0.05, 0) is 12.0 Å². The molecule has 0 atom stereocenters. The van der Waals surface area contributed by atoms with Gasteiger partial charge in [-0.25, -0.2) is 0 Å². The van der Waals surface area contributed by atoms with Crippen molar-refractivity contribution in [1.29, 1.82) is 0 Å². The van der Waals surface area contributed by atoms with Crippen LogP contribution < -0.4 is 5.56 Å². The van der Waals surface area contributed by atoms with Crippen molar-refractivity contribution in [3.63, 3.8) is 0 Å². The molecule has 2 aromatic heterocycles. The first kappa shape index (κ1) is 15.6. The van der Waals surface area contributed by atoms with Crippen molar-refractivity contribution < 1.29 is 9.45 Å². The highest BCUT2D eigenvalue weighted by Gasteiger charge is 2.12. The molecule has 0 bridgehead atoms. The minimum atomic E-state index is -0.565. The van der Waals surface area contributed by atoms with E-state index < -0.39 is 4.92 Å². The molecule has 24 heavy (non-hydrogen) atoms. The Bertz CT molecular complexity index is 928. The molecule has 1 aromatic carbocycles. The Labute approximate surface area is 136 Å². The monoisotopic (exact) mass is 326 g/mol. The van der Waals surface area contributed by atoms with Crippen LogP contribution in [-0.4, -0.2) is 19.6 Å². The number of hydrogen-bond acceptors (Lipinski definition) is 6. The highest BCUT2D eigenvalue weighted by atomic mass is 16.6. The Morgan fingerprint density at radius 3 is 2.62 bits per heavy atom. The number of aryl methyl sites for hydroxylation is 1. The summed E-state index contributed by atoms with van der Waals surface area (Å²) in [6.45, 7) is 2.04. The van der Waals surface area contributed by atoms with E-state index in [0.29, 0.717) is 5.82 Å². The van der Waals surface area contributed by atoms with Crippen molar-refractivity contribution >= 4 is 5.69 Å². The van der Waals surface area contributed by atoms with Crippen LogP contribution in [0.1, 0.15) is 18.4 Å². The predicted molar refractivity (Wildman–Crippen MR) is 85.6 cm³/mol. The van der Waals surface area contributed by atoms with Gasteiger partial charge in [0.1, 0.15) is 6.54 Å². The molecular weight excluding hydrogens is 312 g/mol. The lowest BCUT2D eigenvalue weighted by Crippen LogP contribution is -2.19. The lowest BCUT2D eigenvalue weighted by atomic mass is 10.1. The summed E-state index contributed by atoms with van der Waals surface area (Å²) >= 11 is 0. The molecule has 3 rings (SSSR count). The normalized spacial score (nSPS) is 10.7. The lowest BCUT2D eigenvalue weighted by Gasteiger charge is -2.00. The molecule has 0 radical (unpaired) electrons. The molecule has 8 heteroatoms. The maximum Gasteiger partial charge on any atom is 0.285 e. The van der Waals surface area contributed by atoms with Crippen LogP contribution >= 0.6 is 0 Å². The second-order valence-corrected chi connectivity index (χ2v) is 5.17. The minimum Gasteiger partial charge on any atom is -0.337 e. The second-order valence-electron chi connectivity index (χ2n) is 5.17. The lowest BCUT2D eigenvalue weighted by molar-refractivity contribution is -0.385. The van der Waals surface area contributed by atoms with Crippen LogP contribution in [0.5, 0.6) is 0 Å². The summed E-state index contributed by atoms with van der Waals surface area (Å²) in [6, 6.07) is 10.1. The molecule has 8 nitrogen and oxygen atoms in total. The molecule has 0 saturated carbocycles. The zero-order chi connectivity index (χ0) is 17.1. The van der Waals surface area contributed by atoms with Crippen LogP contribution in [0.2, 0.25) is 0 Å². The molecule has 0 amide bonds. The summed E-state index contributed by atoms with van der Waals surface area (Å²) in [5, 5.41) is 14.7. The van der Waals surface area contributed by atoms with Gasteiger partial charge in [0.05, 0.1) is 11.1 Å². The van der Waals surface area contributed by atoms with Gasteiger partial charge in [-0.15, -0.1) is 0 Å². The molecule has 0 N–H and O–H groups in total. The number of pyridine rings is 1. The van der Waals surface area contributed by atoms with Gasteiger partial charge in [-0.1, -0.05) is 36.3 Å². The Kier molecular flexibility index (Phi) is 4.19. The van der Waals surface area contributed by atoms with Crippen LogP contribution in [0.4, 0.5) is 5.69 Å². The van der Waals surface area contributed by atoms with Crippen LogP contribution in [-0.2, 0) is 13.0 Å². The average molecular weight is 326 g/mol. The fourth-order valence-corrected chi connectivity index (χ4v) is 2.22. The zero-order valence-corrected chi connectivity index (χ0v) is 12.9. The SMILES string of the molecule is CCc1ccc(-c2noc(Cn3cc([N+](=O)[O-])ccc3=O)n2)cc1. The Balaban J connectivity index is 1.85. The van der Waals surface area contributed by atoms with Gasteiger partial charge < -0.3 is 4.52 Å². The van der Waals surface area contributed by atoms with E-state index in [0.717, 1.165) is 34.9 Å². The van der Waals surface area contributed by atoms with E-state index in [-0.39, 0.29) is 23.7 Å². The van der Waals surface area contributed by atoms with E-state index in [2.05, 4.69) is 17.1 Å². The van der Waals surface area contributed by atoms with Gasteiger partial charge in [0.15, 0.2) is 0 Å². The van der Waals surface area contributed by atoms with Crippen molar-refractivity contribution in [2.24, 2.45) is 0 Å². The van der Waals surface area contributed by atoms with Gasteiger partial charge >= 0.3 is 0 Å². The quantitative estimate of drug-likeness (QED) is 0.527. The topological polar surface area (TPSA) is 104 Å². The van der Waals surface area contributed by atoms with Gasteiger partial charge in [-0.2, -0.15) is 4.98 Å². The first-order valence-electron chi connectivity index (χ1n) is 7.33. The van der Waals surface area contributed by atoms with Gasteiger partial charge in [-0.3, -0.25) is 19.5 Å². The number of nitro groups is 1. The highest BCUT2D eigenvalue weighted by Crippen LogP contribution is 2.17. The summed E-state index contributed by atoms with van der Waals surface area (Å²) in [5.41, 5.74) is 1.44. The molecule has 122 valence electrons. The van der Waals surface area contributed by atoms with E-state index >= 15 is 0 Å². The van der Waals surface area contributed by atoms with Crippen molar-refractivity contribution in [2.75, 3.05) is 0 Å². The van der Waals surface area contributed by atoms with E-state index in [1.165, 1.54) is 5.56 Å². The fraction of sp³-hybridized carbons (Fsp3) is 0.188. The third-order valence-corrected chi connectivity index (χ3v) is 3.57. The van der Waals surface area contributed by atoms with Crippen LogP contribution in [0, 0.1) is 10.1 Å². The van der Waals surface area contributed by atoms with Gasteiger partial charge in [0.2, 0.25) is 11.7 Å². The Morgan fingerprint density at radius 1 is 1.21 bits per heavy atom. The van der Waals surface area contributed by atoms with Crippen LogP contribution in [0.25, 0.3) is 11.4 Å². The summed E-state index contributed by atoms with van der Waals surface area (Å²) in [6.07, 6.45) is 2.09. The average Bonchev–Trinajstić information content (AvgIpc) is 3.05. The standard InChI is InChI=1S/C16H14N4O4/c1-2-11-3-5-12(6-4-11)16-17-14(24-18-16)10-19-9-13(20(22)23)7-8-15(19)21/h3-9H,2,10H2,1H3. The molecule has 0 aliphatic rings. The largest absolute Gasteiger partial charge is 0.337 e. The summed E-state index contributed by atoms with van der Waals surface area (Å²) in [5.74, 6) is 0.610. The zero-order valence-electron chi connectivity index (χ0n) is 12.9. The fourth-order valence-electron chi connectivity index (χ4n) is 2.22. The van der Waals surface area contributed by atoms with Crippen molar-refractivity contribution in [1.82, 2.24) is 14.7 Å². The van der Waals surface area contributed by atoms with E-state index in [9.17, 15) is 14.9 Å². The number of benzene rings is 1. The smallest absolute Gasteiger partial charge is 0.285 e. The Morgan fingerprint density at radius 2 is 1.96 bits per heavy atom. The molecule has 3 aromatic rings. The van der Waals surface area contributed by atoms with Gasteiger partial charge in [0, 0.05) is 17.7 Å². The van der Waals surface area contributed by atoms with Crippen molar-refractivity contribution in [3.05, 3.63) is 74.5 Å². The maximum atomic E-state index is 11.8. The Hall–Kier alpha value is -3.29. The molecule has 0 spiro atoms. The maximum absolute atomic E-state index is 11.8. The summed E-state index contributed by atoms with van der Waals surface area (Å²) in [4.78, 5) is 26.3. The first-order valence-corrected chi connectivity index (χ1v) is 7.33. The molecule has 0 saturated heterocycles. The van der Waals surface area contributed by atoms with Crippen molar-refractivity contribution in [3.8, 4) is 11.4 Å². The third-order valence-electron chi connectivity index (χ3n) is 3.57. The van der Waals surface area contributed by atoms with E-state index in [1.54, 1.807) is 0 Å². The molecule has 0 unspecified atom stereocenters. The molecule has 2 heterocycles. The molecular formula is C16H14N4O4. The highest BCUT2D eigenvalue weighted by molar-refractivity contribution is 5.54. The summed E-state index contributed by atoms with van der Waals surface area (Å²) in [7, 11) is 0. The number of hydrogen-bond donors (Lipinski definition) is 0. The predicted octanol–water partition coefficient (Wildman–Crippen LogP) is 2.42. The molecule has 0 aliphatic carbocycles. The van der Waals surface area contributed by atoms with E-state index in [4.69, 9.17) is 4.52 Å². The second kappa shape index (κ2) is 6.45. The number of aromatic nitrogens is 3. The number of rotatable bonds is 5. The van der Waals surface area contributed by atoms with Crippen molar-refractivity contribution in [2.45, 2.75) is 19.9 Å². The minimum absolute atomic E-state index is 0.0272.